The average Bonchev–Trinajstić information content (AvgIpc) is 2.82. The predicted octanol–water partition coefficient (Wildman–Crippen LogP) is 2.42. The lowest BCUT2D eigenvalue weighted by atomic mass is 10.1. The maximum atomic E-state index is 11.9. The molecule has 0 aliphatic rings. The van der Waals surface area contributed by atoms with Gasteiger partial charge < -0.3 is 5.32 Å². The monoisotopic (exact) mass is 305 g/mol. The Morgan fingerprint density at radius 2 is 1.95 bits per heavy atom. The number of aromatic nitrogens is 4. The van der Waals surface area contributed by atoms with Crippen molar-refractivity contribution >= 4 is 23.5 Å². The SMILES string of the molecule is CSc1nc(C)c(CCC(=O)Nc2cc(C)[nH]n2)c(C)n1. The lowest BCUT2D eigenvalue weighted by molar-refractivity contribution is -0.116. The first-order valence-corrected chi connectivity index (χ1v) is 7.92. The zero-order valence-corrected chi connectivity index (χ0v) is 13.5. The Morgan fingerprint density at radius 1 is 1.29 bits per heavy atom. The molecular weight excluding hydrogens is 286 g/mol. The Morgan fingerprint density at radius 3 is 2.48 bits per heavy atom. The van der Waals surface area contributed by atoms with E-state index in [0.717, 1.165) is 27.8 Å². The summed E-state index contributed by atoms with van der Waals surface area (Å²) in [6, 6.07) is 1.80. The smallest absolute Gasteiger partial charge is 0.225 e. The van der Waals surface area contributed by atoms with Crippen molar-refractivity contribution < 1.29 is 4.79 Å². The van der Waals surface area contributed by atoms with Gasteiger partial charge in [0, 0.05) is 29.6 Å². The first-order valence-electron chi connectivity index (χ1n) is 6.69. The third-order valence-electron chi connectivity index (χ3n) is 3.16. The number of hydrogen-bond acceptors (Lipinski definition) is 5. The summed E-state index contributed by atoms with van der Waals surface area (Å²) in [7, 11) is 0. The molecule has 2 heterocycles. The van der Waals surface area contributed by atoms with Crippen LogP contribution in [0.15, 0.2) is 11.2 Å². The Balaban J connectivity index is 1.98. The quantitative estimate of drug-likeness (QED) is 0.654. The highest BCUT2D eigenvalue weighted by Crippen LogP contribution is 2.17. The zero-order valence-electron chi connectivity index (χ0n) is 12.6. The molecule has 0 bridgehead atoms. The molecule has 2 aromatic rings. The van der Waals surface area contributed by atoms with Gasteiger partial charge in [-0.05, 0) is 39.0 Å². The second-order valence-electron chi connectivity index (χ2n) is 4.84. The molecule has 112 valence electrons. The highest BCUT2D eigenvalue weighted by molar-refractivity contribution is 7.98. The second kappa shape index (κ2) is 6.71. The van der Waals surface area contributed by atoms with Gasteiger partial charge in [0.15, 0.2) is 11.0 Å². The number of carbonyl (C=O) groups excluding carboxylic acids is 1. The zero-order chi connectivity index (χ0) is 15.4. The molecule has 21 heavy (non-hydrogen) atoms. The van der Waals surface area contributed by atoms with E-state index in [1.807, 2.05) is 27.0 Å². The van der Waals surface area contributed by atoms with Crippen LogP contribution in [0.5, 0.6) is 0 Å². The molecule has 6 nitrogen and oxygen atoms in total. The number of anilines is 1. The lowest BCUT2D eigenvalue weighted by Crippen LogP contribution is -2.14. The van der Waals surface area contributed by atoms with E-state index in [1.54, 1.807) is 6.07 Å². The second-order valence-corrected chi connectivity index (χ2v) is 5.62. The van der Waals surface area contributed by atoms with Crippen LogP contribution in [0, 0.1) is 20.8 Å². The van der Waals surface area contributed by atoms with Crippen LogP contribution in [0.4, 0.5) is 5.82 Å². The summed E-state index contributed by atoms with van der Waals surface area (Å²) in [6.07, 6.45) is 2.96. The maximum absolute atomic E-state index is 11.9. The van der Waals surface area contributed by atoms with Gasteiger partial charge in [0.05, 0.1) is 0 Å². The lowest BCUT2D eigenvalue weighted by Gasteiger charge is -2.09. The van der Waals surface area contributed by atoms with Gasteiger partial charge in [-0.15, -0.1) is 0 Å². The van der Waals surface area contributed by atoms with Crippen LogP contribution in [-0.4, -0.2) is 32.3 Å². The Bertz CT molecular complexity index is 630. The fourth-order valence-corrected chi connectivity index (χ4v) is 2.54. The number of rotatable bonds is 5. The molecule has 0 aliphatic heterocycles. The Labute approximate surface area is 128 Å². The topological polar surface area (TPSA) is 83.6 Å². The van der Waals surface area contributed by atoms with E-state index in [-0.39, 0.29) is 5.91 Å². The summed E-state index contributed by atoms with van der Waals surface area (Å²) in [6.45, 7) is 5.80. The van der Waals surface area contributed by atoms with Crippen LogP contribution >= 0.6 is 11.8 Å². The molecule has 1 amide bonds. The Kier molecular flexibility index (Phi) is 4.95. The van der Waals surface area contributed by atoms with Gasteiger partial charge in [-0.25, -0.2) is 9.97 Å². The van der Waals surface area contributed by atoms with E-state index in [1.165, 1.54) is 11.8 Å². The number of hydrogen-bond donors (Lipinski definition) is 2. The Hall–Kier alpha value is -1.89. The first-order chi connectivity index (χ1) is 9.99. The van der Waals surface area contributed by atoms with Crippen LogP contribution < -0.4 is 5.32 Å². The molecule has 0 spiro atoms. The molecule has 0 fully saturated rings. The molecular formula is C14H19N5OS. The van der Waals surface area contributed by atoms with Crippen molar-refractivity contribution in [2.24, 2.45) is 0 Å². The van der Waals surface area contributed by atoms with Crippen LogP contribution in [0.3, 0.4) is 0 Å². The van der Waals surface area contributed by atoms with Crippen molar-refractivity contribution in [3.63, 3.8) is 0 Å². The van der Waals surface area contributed by atoms with Gasteiger partial charge in [-0.1, -0.05) is 11.8 Å². The minimum absolute atomic E-state index is 0.0609. The van der Waals surface area contributed by atoms with Crippen molar-refractivity contribution in [2.45, 2.75) is 38.8 Å². The molecule has 0 unspecified atom stereocenters. The van der Waals surface area contributed by atoms with Gasteiger partial charge in [0.1, 0.15) is 0 Å². The molecule has 2 rings (SSSR count). The third kappa shape index (κ3) is 4.04. The van der Waals surface area contributed by atoms with E-state index in [0.29, 0.717) is 18.7 Å². The molecule has 0 saturated carbocycles. The fourth-order valence-electron chi connectivity index (χ4n) is 2.09. The van der Waals surface area contributed by atoms with E-state index in [2.05, 4.69) is 25.5 Å². The van der Waals surface area contributed by atoms with Gasteiger partial charge in [-0.3, -0.25) is 9.89 Å². The minimum Gasteiger partial charge on any atom is -0.309 e. The number of nitrogens with zero attached hydrogens (tertiary/aromatic N) is 3. The first kappa shape index (κ1) is 15.5. The summed E-state index contributed by atoms with van der Waals surface area (Å²) >= 11 is 1.52. The molecule has 0 atom stereocenters. The highest BCUT2D eigenvalue weighted by atomic mass is 32.2. The summed E-state index contributed by atoms with van der Waals surface area (Å²) in [5.74, 6) is 0.495. The van der Waals surface area contributed by atoms with Gasteiger partial charge >= 0.3 is 0 Å². The van der Waals surface area contributed by atoms with Crippen LogP contribution in [0.2, 0.25) is 0 Å². The van der Waals surface area contributed by atoms with E-state index >= 15 is 0 Å². The normalized spacial score (nSPS) is 10.7. The molecule has 0 saturated heterocycles. The van der Waals surface area contributed by atoms with Gasteiger partial charge in [0.2, 0.25) is 5.91 Å². The molecule has 7 heteroatoms. The van der Waals surface area contributed by atoms with Crippen molar-refractivity contribution in [2.75, 3.05) is 11.6 Å². The van der Waals surface area contributed by atoms with Crippen LogP contribution in [0.25, 0.3) is 0 Å². The van der Waals surface area contributed by atoms with Crippen molar-refractivity contribution in [1.29, 1.82) is 0 Å². The summed E-state index contributed by atoms with van der Waals surface area (Å²) < 4.78 is 0. The average molecular weight is 305 g/mol. The number of aryl methyl sites for hydroxylation is 3. The largest absolute Gasteiger partial charge is 0.309 e. The fraction of sp³-hybridized carbons (Fsp3) is 0.429. The van der Waals surface area contributed by atoms with E-state index < -0.39 is 0 Å². The van der Waals surface area contributed by atoms with E-state index in [4.69, 9.17) is 0 Å². The number of H-pyrrole nitrogens is 1. The molecule has 2 N–H and O–H groups in total. The number of aromatic amines is 1. The number of thioether (sulfide) groups is 1. The highest BCUT2D eigenvalue weighted by Gasteiger charge is 2.11. The standard InChI is InChI=1S/C14H19N5OS/c1-8-7-12(19-18-8)17-13(20)6-5-11-9(2)15-14(21-4)16-10(11)3/h7H,5-6H2,1-4H3,(H2,17,18,19,20). The van der Waals surface area contributed by atoms with Crippen LogP contribution in [0.1, 0.15) is 29.1 Å². The molecule has 2 aromatic heterocycles. The van der Waals surface area contributed by atoms with Gasteiger partial charge in [-0.2, -0.15) is 5.10 Å². The van der Waals surface area contributed by atoms with E-state index in [9.17, 15) is 4.79 Å². The minimum atomic E-state index is -0.0609. The van der Waals surface area contributed by atoms with Crippen molar-refractivity contribution in [3.8, 4) is 0 Å². The number of carbonyl (C=O) groups is 1. The summed E-state index contributed by atoms with van der Waals surface area (Å²) in [4.78, 5) is 20.8. The maximum Gasteiger partial charge on any atom is 0.225 e. The predicted molar refractivity (Wildman–Crippen MR) is 83.6 cm³/mol. The third-order valence-corrected chi connectivity index (χ3v) is 3.71. The molecule has 0 aliphatic carbocycles. The summed E-state index contributed by atoms with van der Waals surface area (Å²) in [5.41, 5.74) is 3.84. The van der Waals surface area contributed by atoms with Crippen LogP contribution in [-0.2, 0) is 11.2 Å². The summed E-state index contributed by atoms with van der Waals surface area (Å²) in [5, 5.41) is 10.3. The molecule has 0 radical (unpaired) electrons. The number of amides is 1. The van der Waals surface area contributed by atoms with Crippen molar-refractivity contribution in [3.05, 3.63) is 28.7 Å². The number of nitrogens with one attached hydrogen (secondary N) is 2. The van der Waals surface area contributed by atoms with Crippen molar-refractivity contribution in [1.82, 2.24) is 20.2 Å². The van der Waals surface area contributed by atoms with Gasteiger partial charge in [0.25, 0.3) is 0 Å². The molecule has 0 aromatic carbocycles.